The van der Waals surface area contributed by atoms with E-state index in [2.05, 4.69) is 12.2 Å². The Morgan fingerprint density at radius 3 is 2.32 bits per heavy atom. The summed E-state index contributed by atoms with van der Waals surface area (Å²) in [6, 6.07) is 6.73. The van der Waals surface area contributed by atoms with Gasteiger partial charge in [-0.2, -0.15) is 0 Å². The number of hydrogen-bond acceptors (Lipinski definition) is 3. The summed E-state index contributed by atoms with van der Waals surface area (Å²) < 4.78 is 25.5. The minimum Gasteiger partial charge on any atom is -0.332 e. The second kappa shape index (κ2) is 6.65. The number of aryl methyl sites for hydroxylation is 1. The molecule has 0 radical (unpaired) electrons. The van der Waals surface area contributed by atoms with E-state index in [1.165, 1.54) is 0 Å². The molecule has 22 heavy (non-hydrogen) atoms. The van der Waals surface area contributed by atoms with Gasteiger partial charge in [0.15, 0.2) is 5.37 Å². The molecule has 1 N–H and O–H groups in total. The number of nitrogens with one attached hydrogen (secondary N) is 1. The summed E-state index contributed by atoms with van der Waals surface area (Å²) in [7, 11) is -3.59. The van der Waals surface area contributed by atoms with Crippen LogP contribution in [0, 0.1) is 6.92 Å². The molecule has 0 aromatic heterocycles. The zero-order valence-electron chi connectivity index (χ0n) is 13.3. The van der Waals surface area contributed by atoms with Crippen LogP contribution in [0.15, 0.2) is 40.3 Å². The molecule has 0 saturated heterocycles. The number of sulfone groups is 1. The molecule has 1 heterocycles. The zero-order valence-corrected chi connectivity index (χ0v) is 14.2. The summed E-state index contributed by atoms with van der Waals surface area (Å²) in [4.78, 5) is 12.3. The first-order valence-corrected chi connectivity index (χ1v) is 9.23. The van der Waals surface area contributed by atoms with Gasteiger partial charge in [0.1, 0.15) is 0 Å². The molecule has 1 aromatic rings. The highest BCUT2D eigenvalue weighted by Crippen LogP contribution is 2.29. The Hall–Kier alpha value is -1.62. The maximum atomic E-state index is 12.7. The topological polar surface area (TPSA) is 63.2 Å². The molecule has 1 amide bonds. The average molecular weight is 321 g/mol. The standard InChI is InChI=1S/C17H23NO3S/c1-4-5-6-7-15-13(3)17(18-16(15)19)22(20,21)14-10-8-12(2)9-11-14/h8-11,17H,4-7H2,1-3H3,(H,18,19). The molecule has 0 spiro atoms. The highest BCUT2D eigenvalue weighted by Gasteiger charge is 2.38. The zero-order chi connectivity index (χ0) is 16.3. The van der Waals surface area contributed by atoms with Crippen molar-refractivity contribution < 1.29 is 13.2 Å². The van der Waals surface area contributed by atoms with E-state index in [0.29, 0.717) is 17.6 Å². The van der Waals surface area contributed by atoms with E-state index >= 15 is 0 Å². The molecule has 0 bridgehead atoms. The van der Waals surface area contributed by atoms with Gasteiger partial charge in [-0.3, -0.25) is 4.79 Å². The number of hydrogen-bond donors (Lipinski definition) is 1. The van der Waals surface area contributed by atoms with Gasteiger partial charge in [-0.15, -0.1) is 0 Å². The van der Waals surface area contributed by atoms with Crippen molar-refractivity contribution in [2.24, 2.45) is 0 Å². The lowest BCUT2D eigenvalue weighted by molar-refractivity contribution is -0.116. The van der Waals surface area contributed by atoms with E-state index in [1.807, 2.05) is 6.92 Å². The van der Waals surface area contributed by atoms with Gasteiger partial charge in [0, 0.05) is 5.57 Å². The molecule has 0 saturated carbocycles. The van der Waals surface area contributed by atoms with Crippen molar-refractivity contribution in [1.82, 2.24) is 5.32 Å². The van der Waals surface area contributed by atoms with Crippen LogP contribution in [0.5, 0.6) is 0 Å². The fraction of sp³-hybridized carbons (Fsp3) is 0.471. The fourth-order valence-electron chi connectivity index (χ4n) is 2.69. The Labute approximate surface area is 132 Å². The number of unbranched alkanes of at least 4 members (excludes halogenated alkanes) is 2. The molecule has 1 unspecified atom stereocenters. The third-order valence-electron chi connectivity index (χ3n) is 4.10. The predicted octanol–water partition coefficient (Wildman–Crippen LogP) is 3.12. The minimum absolute atomic E-state index is 0.241. The molecule has 4 nitrogen and oxygen atoms in total. The van der Waals surface area contributed by atoms with Crippen LogP contribution >= 0.6 is 0 Å². The summed E-state index contributed by atoms with van der Waals surface area (Å²) in [5, 5.41) is 1.70. The fourth-order valence-corrected chi connectivity index (χ4v) is 4.35. The Bertz CT molecular complexity index is 687. The lowest BCUT2D eigenvalue weighted by Gasteiger charge is -2.14. The molecule has 0 fully saturated rings. The van der Waals surface area contributed by atoms with Gasteiger partial charge in [0.25, 0.3) is 0 Å². The van der Waals surface area contributed by atoms with E-state index < -0.39 is 15.2 Å². The van der Waals surface area contributed by atoms with Crippen molar-refractivity contribution in [3.8, 4) is 0 Å². The van der Waals surface area contributed by atoms with Crippen molar-refractivity contribution in [1.29, 1.82) is 0 Å². The van der Waals surface area contributed by atoms with Crippen LogP contribution in [0.2, 0.25) is 0 Å². The quantitative estimate of drug-likeness (QED) is 0.819. The largest absolute Gasteiger partial charge is 0.332 e. The second-order valence-corrected chi connectivity index (χ2v) is 7.86. The number of benzene rings is 1. The number of amides is 1. The van der Waals surface area contributed by atoms with Crippen molar-refractivity contribution in [3.05, 3.63) is 41.0 Å². The molecular weight excluding hydrogens is 298 g/mol. The van der Waals surface area contributed by atoms with Gasteiger partial charge in [-0.05, 0) is 44.4 Å². The number of carbonyl (C=O) groups excluding carboxylic acids is 1. The Kier molecular flexibility index (Phi) is 5.06. The Morgan fingerprint density at radius 1 is 1.09 bits per heavy atom. The van der Waals surface area contributed by atoms with Crippen LogP contribution in [0.4, 0.5) is 0 Å². The van der Waals surface area contributed by atoms with Crippen LogP contribution in [0.25, 0.3) is 0 Å². The molecule has 1 aliphatic heterocycles. The van der Waals surface area contributed by atoms with Gasteiger partial charge < -0.3 is 5.32 Å². The summed E-state index contributed by atoms with van der Waals surface area (Å²) in [6.45, 7) is 5.75. The lowest BCUT2D eigenvalue weighted by Crippen LogP contribution is -2.35. The van der Waals surface area contributed by atoms with Gasteiger partial charge >= 0.3 is 0 Å². The third kappa shape index (κ3) is 3.24. The van der Waals surface area contributed by atoms with E-state index in [0.717, 1.165) is 24.8 Å². The van der Waals surface area contributed by atoms with Gasteiger partial charge in [-0.1, -0.05) is 37.5 Å². The summed E-state index contributed by atoms with van der Waals surface area (Å²) in [5.41, 5.74) is 2.28. The molecule has 1 atom stereocenters. The number of carbonyl (C=O) groups is 1. The summed E-state index contributed by atoms with van der Waals surface area (Å²) >= 11 is 0. The first-order valence-electron chi connectivity index (χ1n) is 7.69. The molecule has 2 rings (SSSR count). The Morgan fingerprint density at radius 2 is 1.73 bits per heavy atom. The molecular formula is C17H23NO3S. The minimum atomic E-state index is -3.59. The van der Waals surface area contributed by atoms with Crippen molar-refractivity contribution >= 4 is 15.7 Å². The third-order valence-corrected chi connectivity index (χ3v) is 6.12. The van der Waals surface area contributed by atoms with Crippen LogP contribution in [0.3, 0.4) is 0 Å². The normalized spacial score (nSPS) is 18.7. The Balaban J connectivity index is 2.28. The molecule has 5 heteroatoms. The molecule has 1 aromatic carbocycles. The molecule has 0 aliphatic carbocycles. The summed E-state index contributed by atoms with van der Waals surface area (Å²) in [5.74, 6) is -0.241. The van der Waals surface area contributed by atoms with Crippen molar-refractivity contribution in [2.75, 3.05) is 0 Å². The number of rotatable bonds is 6. The van der Waals surface area contributed by atoms with E-state index in [-0.39, 0.29) is 10.8 Å². The SMILES string of the molecule is CCCCCC1=C(C)C(S(=O)(=O)c2ccc(C)cc2)NC1=O. The molecule has 1 aliphatic rings. The maximum Gasteiger partial charge on any atom is 0.248 e. The first-order chi connectivity index (χ1) is 10.4. The van der Waals surface area contributed by atoms with Crippen LogP contribution in [-0.4, -0.2) is 19.7 Å². The second-order valence-electron chi connectivity index (χ2n) is 5.83. The van der Waals surface area contributed by atoms with Gasteiger partial charge in [0.05, 0.1) is 4.90 Å². The van der Waals surface area contributed by atoms with Crippen LogP contribution in [0.1, 0.15) is 45.1 Å². The average Bonchev–Trinajstić information content (AvgIpc) is 2.76. The van der Waals surface area contributed by atoms with E-state index in [1.54, 1.807) is 31.2 Å². The van der Waals surface area contributed by atoms with E-state index in [4.69, 9.17) is 0 Å². The first kappa shape index (κ1) is 16.7. The van der Waals surface area contributed by atoms with Crippen molar-refractivity contribution in [3.63, 3.8) is 0 Å². The highest BCUT2D eigenvalue weighted by molar-refractivity contribution is 7.92. The lowest BCUT2D eigenvalue weighted by atomic mass is 10.0. The van der Waals surface area contributed by atoms with Gasteiger partial charge in [0.2, 0.25) is 15.7 Å². The predicted molar refractivity (Wildman–Crippen MR) is 87.1 cm³/mol. The van der Waals surface area contributed by atoms with Crippen molar-refractivity contribution in [2.45, 2.75) is 56.7 Å². The molecule has 120 valence electrons. The van der Waals surface area contributed by atoms with Gasteiger partial charge in [-0.25, -0.2) is 8.42 Å². The van der Waals surface area contributed by atoms with E-state index in [9.17, 15) is 13.2 Å². The smallest absolute Gasteiger partial charge is 0.248 e. The summed E-state index contributed by atoms with van der Waals surface area (Å²) in [6.07, 6.45) is 3.66. The maximum absolute atomic E-state index is 12.7. The van der Waals surface area contributed by atoms with Crippen LogP contribution < -0.4 is 5.32 Å². The van der Waals surface area contributed by atoms with Crippen LogP contribution in [-0.2, 0) is 14.6 Å². The highest BCUT2D eigenvalue weighted by atomic mass is 32.2. The monoisotopic (exact) mass is 321 g/mol.